The lowest BCUT2D eigenvalue weighted by atomic mass is 9.90. The van der Waals surface area contributed by atoms with E-state index < -0.39 is 24.2 Å². The Morgan fingerprint density at radius 3 is 2.52 bits per heavy atom. The molecule has 2 atom stereocenters. The summed E-state index contributed by atoms with van der Waals surface area (Å²) in [4.78, 5) is 13.3. The van der Waals surface area contributed by atoms with E-state index in [1.807, 2.05) is 11.8 Å². The van der Waals surface area contributed by atoms with E-state index in [-0.39, 0.29) is 24.6 Å². The summed E-state index contributed by atoms with van der Waals surface area (Å²) < 4.78 is 47.6. The highest BCUT2D eigenvalue weighted by atomic mass is 19.4. The maximum absolute atomic E-state index is 12.5. The number of nitrogens with zero attached hydrogens (tertiary/aromatic N) is 1. The van der Waals surface area contributed by atoms with Crippen LogP contribution in [-0.4, -0.2) is 48.5 Å². The second-order valence-electron chi connectivity index (χ2n) is 5.73. The van der Waals surface area contributed by atoms with Gasteiger partial charge in [0.15, 0.2) is 6.10 Å². The molecule has 1 N–H and O–H groups in total. The number of methoxy groups -OCH3 is 1. The number of hydrogen-bond acceptors (Lipinski definition) is 5. The number of aliphatic hydroxyl groups excluding tert-OH is 1. The van der Waals surface area contributed by atoms with Crippen LogP contribution in [0.5, 0.6) is 0 Å². The molecule has 0 aliphatic carbocycles. The van der Waals surface area contributed by atoms with Crippen molar-refractivity contribution in [2.45, 2.75) is 38.1 Å². The molecular weight excluding hydrogens is 315 g/mol. The van der Waals surface area contributed by atoms with Gasteiger partial charge in [0.05, 0.1) is 13.2 Å². The fourth-order valence-electron chi connectivity index (χ4n) is 2.86. The molecule has 0 saturated carbocycles. The number of halogens is 3. The third-order valence-electron chi connectivity index (χ3n) is 4.33. The van der Waals surface area contributed by atoms with Crippen molar-refractivity contribution in [3.8, 4) is 0 Å². The van der Waals surface area contributed by atoms with Crippen molar-refractivity contribution in [1.29, 1.82) is 0 Å². The molecule has 0 aromatic carbocycles. The predicted molar refractivity (Wildman–Crippen MR) is 74.8 cm³/mol. The minimum Gasteiger partial charge on any atom is -0.463 e. The SMILES string of the molecule is COC(=O)c1ccc([C@@H](C)N2CCC([C@@H](O)C(F)(F)F)CC2)o1. The number of furan rings is 1. The number of aliphatic hydroxyl groups is 1. The van der Waals surface area contributed by atoms with Gasteiger partial charge < -0.3 is 14.3 Å². The van der Waals surface area contributed by atoms with Gasteiger partial charge in [-0.25, -0.2) is 4.79 Å². The summed E-state index contributed by atoms with van der Waals surface area (Å²) in [6.07, 6.45) is -6.32. The van der Waals surface area contributed by atoms with Crippen molar-refractivity contribution in [3.63, 3.8) is 0 Å². The van der Waals surface area contributed by atoms with Gasteiger partial charge in [-0.1, -0.05) is 0 Å². The van der Waals surface area contributed by atoms with Crippen LogP contribution in [0.4, 0.5) is 13.2 Å². The third kappa shape index (κ3) is 4.06. The molecule has 0 spiro atoms. The number of alkyl halides is 3. The average Bonchev–Trinajstić information content (AvgIpc) is 3.02. The molecule has 1 aliphatic rings. The van der Waals surface area contributed by atoms with Crippen molar-refractivity contribution in [3.05, 3.63) is 23.7 Å². The Bertz CT molecular complexity index is 535. The Morgan fingerprint density at radius 1 is 1.39 bits per heavy atom. The quantitative estimate of drug-likeness (QED) is 0.857. The van der Waals surface area contributed by atoms with E-state index >= 15 is 0 Å². The summed E-state index contributed by atoms with van der Waals surface area (Å²) in [6, 6.07) is 3.00. The van der Waals surface area contributed by atoms with Crippen LogP contribution in [0.2, 0.25) is 0 Å². The molecule has 1 aliphatic heterocycles. The van der Waals surface area contributed by atoms with E-state index in [4.69, 9.17) is 4.42 Å². The number of ether oxygens (including phenoxy) is 1. The monoisotopic (exact) mass is 335 g/mol. The van der Waals surface area contributed by atoms with Gasteiger partial charge >= 0.3 is 12.1 Å². The van der Waals surface area contributed by atoms with E-state index in [1.165, 1.54) is 13.2 Å². The first-order chi connectivity index (χ1) is 10.7. The molecule has 0 bridgehead atoms. The minimum atomic E-state index is -4.57. The second-order valence-corrected chi connectivity index (χ2v) is 5.73. The Balaban J connectivity index is 1.94. The van der Waals surface area contributed by atoms with Crippen LogP contribution in [0.3, 0.4) is 0 Å². The third-order valence-corrected chi connectivity index (χ3v) is 4.33. The number of rotatable bonds is 4. The number of likely N-dealkylation sites (tertiary alicyclic amines) is 1. The molecule has 1 fully saturated rings. The highest BCUT2D eigenvalue weighted by molar-refractivity contribution is 5.86. The number of carbonyl (C=O) groups is 1. The molecule has 0 unspecified atom stereocenters. The van der Waals surface area contributed by atoms with Gasteiger partial charge in [-0.05, 0) is 50.9 Å². The summed E-state index contributed by atoms with van der Waals surface area (Å²) in [5.74, 6) is -0.701. The van der Waals surface area contributed by atoms with Crippen molar-refractivity contribution < 1.29 is 32.2 Å². The van der Waals surface area contributed by atoms with E-state index in [1.54, 1.807) is 6.07 Å². The van der Waals surface area contributed by atoms with Crippen molar-refractivity contribution in [2.75, 3.05) is 20.2 Å². The molecule has 130 valence electrons. The van der Waals surface area contributed by atoms with E-state index in [0.717, 1.165) is 0 Å². The summed E-state index contributed by atoms with van der Waals surface area (Å²) in [5, 5.41) is 9.33. The number of hydrogen-bond donors (Lipinski definition) is 1. The van der Waals surface area contributed by atoms with Gasteiger partial charge in [-0.2, -0.15) is 13.2 Å². The maximum atomic E-state index is 12.5. The van der Waals surface area contributed by atoms with Crippen LogP contribution in [0.15, 0.2) is 16.5 Å². The molecule has 1 aromatic rings. The summed E-state index contributed by atoms with van der Waals surface area (Å²) >= 11 is 0. The molecule has 1 saturated heterocycles. The van der Waals surface area contributed by atoms with Crippen LogP contribution in [0.1, 0.15) is 42.1 Å². The highest BCUT2D eigenvalue weighted by Gasteiger charge is 2.44. The van der Waals surface area contributed by atoms with Crippen molar-refractivity contribution in [1.82, 2.24) is 4.90 Å². The molecule has 1 aromatic heterocycles. The van der Waals surface area contributed by atoms with Crippen molar-refractivity contribution in [2.24, 2.45) is 5.92 Å². The van der Waals surface area contributed by atoms with Gasteiger partial charge in [0, 0.05) is 0 Å². The number of carbonyl (C=O) groups excluding carboxylic acids is 1. The van der Waals surface area contributed by atoms with Gasteiger partial charge in [0.2, 0.25) is 5.76 Å². The first kappa shape index (κ1) is 17.8. The first-order valence-corrected chi connectivity index (χ1v) is 7.41. The molecule has 0 amide bonds. The summed E-state index contributed by atoms with van der Waals surface area (Å²) in [5.41, 5.74) is 0. The normalized spacial score (nSPS) is 20.3. The van der Waals surface area contributed by atoms with Gasteiger partial charge in [-0.15, -0.1) is 0 Å². The topological polar surface area (TPSA) is 62.9 Å². The molecular formula is C15H20F3NO4. The fourth-order valence-corrected chi connectivity index (χ4v) is 2.86. The maximum Gasteiger partial charge on any atom is 0.414 e. The highest BCUT2D eigenvalue weighted by Crippen LogP contribution is 2.34. The molecule has 2 heterocycles. The van der Waals surface area contributed by atoms with Crippen LogP contribution in [0, 0.1) is 5.92 Å². The van der Waals surface area contributed by atoms with Gasteiger partial charge in [0.1, 0.15) is 5.76 Å². The Kier molecular flexibility index (Phi) is 5.36. The number of esters is 1. The zero-order chi connectivity index (χ0) is 17.2. The fraction of sp³-hybridized carbons (Fsp3) is 0.667. The predicted octanol–water partition coefficient (Wildman–Crippen LogP) is 2.76. The van der Waals surface area contributed by atoms with E-state index in [2.05, 4.69) is 4.74 Å². The zero-order valence-corrected chi connectivity index (χ0v) is 13.0. The lowest BCUT2D eigenvalue weighted by Gasteiger charge is -2.37. The van der Waals surface area contributed by atoms with E-state index in [0.29, 0.717) is 18.8 Å². The first-order valence-electron chi connectivity index (χ1n) is 7.41. The van der Waals surface area contributed by atoms with Crippen LogP contribution in [-0.2, 0) is 4.74 Å². The Hall–Kier alpha value is -1.54. The van der Waals surface area contributed by atoms with E-state index in [9.17, 15) is 23.1 Å². The van der Waals surface area contributed by atoms with Crippen molar-refractivity contribution >= 4 is 5.97 Å². The zero-order valence-electron chi connectivity index (χ0n) is 13.0. The molecule has 2 rings (SSSR count). The minimum absolute atomic E-state index is 0.0942. The smallest absolute Gasteiger partial charge is 0.414 e. The van der Waals surface area contributed by atoms with Crippen LogP contribution < -0.4 is 0 Å². The molecule has 0 radical (unpaired) electrons. The summed E-state index contributed by atoms with van der Waals surface area (Å²) in [6.45, 7) is 2.71. The Morgan fingerprint density at radius 2 is 2.00 bits per heavy atom. The average molecular weight is 335 g/mol. The number of piperidine rings is 1. The molecule has 23 heavy (non-hydrogen) atoms. The standard InChI is InChI=1S/C15H20F3NO4/c1-9(11-3-4-12(23-11)14(21)22-2)19-7-5-10(6-8-19)13(20)15(16,17)18/h3-4,9-10,13,20H,5-8H2,1-2H3/t9-,13-/m1/s1. The van der Waals surface area contributed by atoms with Crippen LogP contribution in [0.25, 0.3) is 0 Å². The lowest BCUT2D eigenvalue weighted by Crippen LogP contribution is -2.43. The largest absolute Gasteiger partial charge is 0.463 e. The molecule has 8 heteroatoms. The Labute approximate surface area is 132 Å². The van der Waals surface area contributed by atoms with Gasteiger partial charge in [0.25, 0.3) is 0 Å². The van der Waals surface area contributed by atoms with Crippen LogP contribution >= 0.6 is 0 Å². The lowest BCUT2D eigenvalue weighted by molar-refractivity contribution is -0.223. The molecule has 5 nitrogen and oxygen atoms in total. The summed E-state index contributed by atoms with van der Waals surface area (Å²) in [7, 11) is 1.25. The van der Waals surface area contributed by atoms with Gasteiger partial charge in [-0.3, -0.25) is 4.90 Å². The second kappa shape index (κ2) is 6.92.